The Hall–Kier alpha value is -1.51. The molecule has 0 radical (unpaired) electrons. The molecule has 2 unspecified atom stereocenters. The third kappa shape index (κ3) is 3.49. The maximum absolute atomic E-state index is 11.3. The lowest BCUT2D eigenvalue weighted by atomic mass is 10.3. The minimum Gasteiger partial charge on any atom is -0.463 e. The second-order valence-corrected chi connectivity index (χ2v) is 4.91. The quantitative estimate of drug-likeness (QED) is 0.437. The van der Waals surface area contributed by atoms with Crippen LogP contribution in [0.2, 0.25) is 0 Å². The van der Waals surface area contributed by atoms with Crippen LogP contribution in [0, 0.1) is 5.92 Å². The van der Waals surface area contributed by atoms with E-state index in [2.05, 4.69) is 13.8 Å². The van der Waals surface area contributed by atoms with Crippen LogP contribution >= 0.6 is 0 Å². The van der Waals surface area contributed by atoms with E-state index in [0.29, 0.717) is 12.5 Å². The summed E-state index contributed by atoms with van der Waals surface area (Å²) in [6.07, 6.45) is 6.23. The molecule has 0 amide bonds. The lowest BCUT2D eigenvalue weighted by molar-refractivity contribution is -0.137. The Morgan fingerprint density at radius 2 is 2.33 bits per heavy atom. The Kier molecular flexibility index (Phi) is 4.24. The Balaban J connectivity index is 1.81. The minimum atomic E-state index is -0.304. The molecule has 1 aliphatic carbocycles. The van der Waals surface area contributed by atoms with E-state index in [9.17, 15) is 4.79 Å². The fourth-order valence-corrected chi connectivity index (χ4v) is 1.89. The number of esters is 1. The van der Waals surface area contributed by atoms with Crippen molar-refractivity contribution in [2.45, 2.75) is 39.0 Å². The van der Waals surface area contributed by atoms with Gasteiger partial charge in [-0.15, -0.1) is 0 Å². The number of carbonyl (C=O) groups is 1. The van der Waals surface area contributed by atoms with Crippen LogP contribution in [0.3, 0.4) is 0 Å². The summed E-state index contributed by atoms with van der Waals surface area (Å²) in [5, 5.41) is 0. The number of rotatable bonds is 6. The van der Waals surface area contributed by atoms with Gasteiger partial charge in [-0.1, -0.05) is 20.3 Å². The van der Waals surface area contributed by atoms with E-state index in [1.54, 1.807) is 6.08 Å². The molecule has 2 rings (SSSR count). The highest BCUT2D eigenvalue weighted by Crippen LogP contribution is 2.47. The van der Waals surface area contributed by atoms with Crippen molar-refractivity contribution in [3.63, 3.8) is 0 Å². The molecule has 3 heteroatoms. The summed E-state index contributed by atoms with van der Waals surface area (Å²) in [6, 6.07) is 3.90. The van der Waals surface area contributed by atoms with E-state index in [0.717, 1.165) is 30.3 Å². The van der Waals surface area contributed by atoms with Crippen LogP contribution in [0.4, 0.5) is 0 Å². The summed E-state index contributed by atoms with van der Waals surface area (Å²) in [5.74, 6) is 2.75. The first-order valence-corrected chi connectivity index (χ1v) is 6.65. The van der Waals surface area contributed by atoms with Crippen LogP contribution in [0.1, 0.15) is 50.5 Å². The van der Waals surface area contributed by atoms with Gasteiger partial charge >= 0.3 is 5.97 Å². The van der Waals surface area contributed by atoms with Crippen molar-refractivity contribution in [3.05, 3.63) is 29.7 Å². The predicted octanol–water partition coefficient (Wildman–Crippen LogP) is 3.76. The largest absolute Gasteiger partial charge is 0.463 e. The van der Waals surface area contributed by atoms with Crippen molar-refractivity contribution in [2.75, 3.05) is 6.61 Å². The molecule has 98 valence electrons. The Morgan fingerprint density at radius 1 is 1.56 bits per heavy atom. The van der Waals surface area contributed by atoms with Crippen LogP contribution < -0.4 is 0 Å². The van der Waals surface area contributed by atoms with Gasteiger partial charge in [0.1, 0.15) is 11.5 Å². The molecule has 0 spiro atoms. The minimum absolute atomic E-state index is 0.304. The van der Waals surface area contributed by atoms with Gasteiger partial charge in [-0.05, 0) is 37.0 Å². The van der Waals surface area contributed by atoms with E-state index >= 15 is 0 Å². The van der Waals surface area contributed by atoms with Crippen LogP contribution in [-0.2, 0) is 9.53 Å². The van der Waals surface area contributed by atoms with Gasteiger partial charge in [0.2, 0.25) is 0 Å². The average Bonchev–Trinajstić information content (AvgIpc) is 2.91. The first-order chi connectivity index (χ1) is 8.70. The SMILES string of the molecule is CCCCOC(=O)/C=C/c1ccc(C2CC2C)o1. The zero-order valence-corrected chi connectivity index (χ0v) is 11.0. The van der Waals surface area contributed by atoms with Crippen LogP contribution in [0.25, 0.3) is 6.08 Å². The third-order valence-corrected chi connectivity index (χ3v) is 3.25. The van der Waals surface area contributed by atoms with Gasteiger partial charge in [0.05, 0.1) is 6.61 Å². The standard InChI is InChI=1S/C15H20O3/c1-3-4-9-17-15(16)8-6-12-5-7-14(18-12)13-10-11(13)2/h5-8,11,13H,3-4,9-10H2,1-2H3/b8-6+. The number of ether oxygens (including phenoxy) is 1. The summed E-state index contributed by atoms with van der Waals surface area (Å²) in [5.41, 5.74) is 0. The third-order valence-electron chi connectivity index (χ3n) is 3.25. The molecule has 0 aliphatic heterocycles. The number of furan rings is 1. The highest BCUT2D eigenvalue weighted by Gasteiger charge is 2.36. The molecule has 0 saturated heterocycles. The predicted molar refractivity (Wildman–Crippen MR) is 70.1 cm³/mol. The lowest BCUT2D eigenvalue weighted by Gasteiger charge is -1.98. The number of carbonyl (C=O) groups excluding carboxylic acids is 1. The van der Waals surface area contributed by atoms with Gasteiger partial charge in [0.25, 0.3) is 0 Å². The van der Waals surface area contributed by atoms with E-state index in [-0.39, 0.29) is 5.97 Å². The van der Waals surface area contributed by atoms with Crippen molar-refractivity contribution < 1.29 is 13.9 Å². The molecule has 1 heterocycles. The number of hydrogen-bond donors (Lipinski definition) is 0. The lowest BCUT2D eigenvalue weighted by Crippen LogP contribution is -2.01. The Morgan fingerprint density at radius 3 is 3.00 bits per heavy atom. The monoisotopic (exact) mass is 248 g/mol. The fraction of sp³-hybridized carbons (Fsp3) is 0.533. The molecule has 1 aliphatic rings. The molecule has 18 heavy (non-hydrogen) atoms. The van der Waals surface area contributed by atoms with Gasteiger partial charge in [-0.25, -0.2) is 4.79 Å². The highest BCUT2D eigenvalue weighted by molar-refractivity contribution is 5.86. The molecule has 1 fully saturated rings. The normalized spacial score (nSPS) is 22.3. The summed E-state index contributed by atoms with van der Waals surface area (Å²) < 4.78 is 10.7. The molecule has 0 bridgehead atoms. The second kappa shape index (κ2) is 5.89. The van der Waals surface area contributed by atoms with Crippen molar-refractivity contribution >= 4 is 12.0 Å². The fourth-order valence-electron chi connectivity index (χ4n) is 1.89. The van der Waals surface area contributed by atoms with Crippen molar-refractivity contribution in [2.24, 2.45) is 5.92 Å². The molecule has 1 saturated carbocycles. The first kappa shape index (κ1) is 12.9. The summed E-state index contributed by atoms with van der Waals surface area (Å²) >= 11 is 0. The van der Waals surface area contributed by atoms with Crippen molar-refractivity contribution in [1.29, 1.82) is 0 Å². The molecular formula is C15H20O3. The van der Waals surface area contributed by atoms with Gasteiger partial charge < -0.3 is 9.15 Å². The molecule has 1 aromatic heterocycles. The van der Waals surface area contributed by atoms with E-state index < -0.39 is 0 Å². The molecule has 0 N–H and O–H groups in total. The molecule has 1 aromatic rings. The van der Waals surface area contributed by atoms with Gasteiger partial charge in [0, 0.05) is 12.0 Å². The van der Waals surface area contributed by atoms with Gasteiger partial charge in [0.15, 0.2) is 0 Å². The smallest absolute Gasteiger partial charge is 0.330 e. The molecule has 3 nitrogen and oxygen atoms in total. The Bertz CT molecular complexity index is 431. The molecule has 2 atom stereocenters. The highest BCUT2D eigenvalue weighted by atomic mass is 16.5. The number of unbranched alkanes of at least 4 members (excludes halogenated alkanes) is 1. The van der Waals surface area contributed by atoms with E-state index in [1.165, 1.54) is 12.5 Å². The van der Waals surface area contributed by atoms with Crippen molar-refractivity contribution in [3.8, 4) is 0 Å². The maximum Gasteiger partial charge on any atom is 0.330 e. The van der Waals surface area contributed by atoms with E-state index in [1.807, 2.05) is 12.1 Å². The van der Waals surface area contributed by atoms with Crippen LogP contribution in [-0.4, -0.2) is 12.6 Å². The van der Waals surface area contributed by atoms with Gasteiger partial charge in [-0.2, -0.15) is 0 Å². The first-order valence-electron chi connectivity index (χ1n) is 6.65. The Labute approximate surface area is 108 Å². The zero-order valence-electron chi connectivity index (χ0n) is 11.0. The van der Waals surface area contributed by atoms with Crippen LogP contribution in [0.5, 0.6) is 0 Å². The molecular weight excluding hydrogens is 228 g/mol. The summed E-state index contributed by atoms with van der Waals surface area (Å²) in [6.45, 7) is 4.77. The van der Waals surface area contributed by atoms with Crippen LogP contribution in [0.15, 0.2) is 22.6 Å². The van der Waals surface area contributed by atoms with E-state index in [4.69, 9.17) is 9.15 Å². The van der Waals surface area contributed by atoms with Crippen molar-refractivity contribution in [1.82, 2.24) is 0 Å². The second-order valence-electron chi connectivity index (χ2n) is 4.91. The summed E-state index contributed by atoms with van der Waals surface area (Å²) in [4.78, 5) is 11.3. The topological polar surface area (TPSA) is 39.4 Å². The zero-order chi connectivity index (χ0) is 13.0. The summed E-state index contributed by atoms with van der Waals surface area (Å²) in [7, 11) is 0. The molecule has 0 aromatic carbocycles. The van der Waals surface area contributed by atoms with Gasteiger partial charge in [-0.3, -0.25) is 0 Å². The average molecular weight is 248 g/mol. The number of hydrogen-bond acceptors (Lipinski definition) is 3. The maximum atomic E-state index is 11.3.